The van der Waals surface area contributed by atoms with Crippen molar-refractivity contribution in [2.75, 3.05) is 6.61 Å². The molecule has 0 aliphatic heterocycles. The molecule has 0 atom stereocenters. The Morgan fingerprint density at radius 1 is 1.40 bits per heavy atom. The number of pyridine rings is 1. The van der Waals surface area contributed by atoms with E-state index in [2.05, 4.69) is 18.0 Å². The number of hydrogen-bond acceptors (Lipinski definition) is 2. The van der Waals surface area contributed by atoms with Gasteiger partial charge in [0, 0.05) is 5.39 Å². The SMILES string of the molecule is CCOc1cccc2c(C)cc(=S)[nH]c12. The molecule has 2 rings (SSSR count). The van der Waals surface area contributed by atoms with Crippen molar-refractivity contribution in [3.63, 3.8) is 0 Å². The maximum Gasteiger partial charge on any atom is 0.143 e. The molecule has 2 nitrogen and oxygen atoms in total. The van der Waals surface area contributed by atoms with Crippen molar-refractivity contribution in [1.82, 2.24) is 4.98 Å². The zero-order valence-corrected chi connectivity index (χ0v) is 9.65. The smallest absolute Gasteiger partial charge is 0.143 e. The molecule has 0 unspecified atom stereocenters. The number of benzene rings is 1. The van der Waals surface area contributed by atoms with Gasteiger partial charge in [-0.2, -0.15) is 0 Å². The van der Waals surface area contributed by atoms with Gasteiger partial charge in [0.1, 0.15) is 10.4 Å². The Bertz CT molecular complexity index is 545. The molecule has 1 heterocycles. The van der Waals surface area contributed by atoms with Gasteiger partial charge in [-0.25, -0.2) is 0 Å². The summed E-state index contributed by atoms with van der Waals surface area (Å²) in [6.45, 7) is 4.69. The summed E-state index contributed by atoms with van der Waals surface area (Å²) in [7, 11) is 0. The minimum atomic E-state index is 0.660. The van der Waals surface area contributed by atoms with E-state index in [-0.39, 0.29) is 0 Å². The van der Waals surface area contributed by atoms with Crippen molar-refractivity contribution < 1.29 is 4.74 Å². The van der Waals surface area contributed by atoms with Crippen LogP contribution < -0.4 is 4.74 Å². The number of aromatic nitrogens is 1. The lowest BCUT2D eigenvalue weighted by atomic mass is 10.1. The third kappa shape index (κ3) is 1.88. The van der Waals surface area contributed by atoms with E-state index in [4.69, 9.17) is 17.0 Å². The zero-order chi connectivity index (χ0) is 10.8. The summed E-state index contributed by atoms with van der Waals surface area (Å²) in [6, 6.07) is 7.99. The number of H-pyrrole nitrogens is 1. The molecule has 0 saturated heterocycles. The second-order valence-electron chi connectivity index (χ2n) is 3.43. The largest absolute Gasteiger partial charge is 0.492 e. The average Bonchev–Trinajstić information content (AvgIpc) is 2.19. The molecule has 2 aromatic rings. The Hall–Kier alpha value is -1.35. The van der Waals surface area contributed by atoms with Gasteiger partial charge in [-0.3, -0.25) is 0 Å². The van der Waals surface area contributed by atoms with Crippen LogP contribution in [0.2, 0.25) is 0 Å². The number of aromatic amines is 1. The number of ether oxygens (including phenoxy) is 1. The number of rotatable bonds is 2. The van der Waals surface area contributed by atoms with Crippen molar-refractivity contribution >= 4 is 23.1 Å². The Morgan fingerprint density at radius 2 is 2.20 bits per heavy atom. The third-order valence-corrected chi connectivity index (χ3v) is 2.57. The van der Waals surface area contributed by atoms with Gasteiger partial charge in [-0.15, -0.1) is 0 Å². The summed E-state index contributed by atoms with van der Waals surface area (Å²) in [5, 5.41) is 1.16. The molecule has 0 aliphatic rings. The van der Waals surface area contributed by atoms with Crippen LogP contribution in [0.1, 0.15) is 12.5 Å². The van der Waals surface area contributed by atoms with Gasteiger partial charge in [-0.1, -0.05) is 24.4 Å². The van der Waals surface area contributed by atoms with Crippen molar-refractivity contribution in [3.8, 4) is 5.75 Å². The molecule has 78 valence electrons. The Morgan fingerprint density at radius 3 is 2.93 bits per heavy atom. The fraction of sp³-hybridized carbons (Fsp3) is 0.250. The summed E-state index contributed by atoms with van der Waals surface area (Å²) < 4.78 is 6.29. The van der Waals surface area contributed by atoms with Crippen LogP contribution in [0.15, 0.2) is 24.3 Å². The van der Waals surface area contributed by atoms with E-state index in [1.165, 1.54) is 5.56 Å². The van der Waals surface area contributed by atoms with E-state index in [0.717, 1.165) is 21.3 Å². The molecule has 0 radical (unpaired) electrons. The normalized spacial score (nSPS) is 10.5. The summed E-state index contributed by atoms with van der Waals surface area (Å²) >= 11 is 5.16. The van der Waals surface area contributed by atoms with Crippen LogP contribution in [0.25, 0.3) is 10.9 Å². The van der Waals surface area contributed by atoms with Gasteiger partial charge in [-0.05, 0) is 31.5 Å². The lowest BCUT2D eigenvalue weighted by Gasteiger charge is -2.08. The molecule has 0 aliphatic carbocycles. The van der Waals surface area contributed by atoms with Crippen molar-refractivity contribution in [1.29, 1.82) is 0 Å². The van der Waals surface area contributed by atoms with Crippen LogP contribution in [-0.4, -0.2) is 11.6 Å². The zero-order valence-electron chi connectivity index (χ0n) is 8.83. The molecule has 15 heavy (non-hydrogen) atoms. The summed E-state index contributed by atoms with van der Waals surface area (Å²) in [5.74, 6) is 0.866. The Balaban J connectivity index is 2.78. The van der Waals surface area contributed by atoms with Gasteiger partial charge in [0.05, 0.1) is 12.1 Å². The number of fused-ring (bicyclic) bond motifs is 1. The van der Waals surface area contributed by atoms with Gasteiger partial charge >= 0.3 is 0 Å². The second-order valence-corrected chi connectivity index (χ2v) is 3.87. The van der Waals surface area contributed by atoms with Crippen LogP contribution in [0.4, 0.5) is 0 Å². The molecule has 1 aromatic carbocycles. The molecule has 1 aromatic heterocycles. The van der Waals surface area contributed by atoms with E-state index in [1.54, 1.807) is 0 Å². The van der Waals surface area contributed by atoms with E-state index < -0.39 is 0 Å². The molecule has 0 fully saturated rings. The molecule has 0 amide bonds. The average molecular weight is 219 g/mol. The summed E-state index contributed by atoms with van der Waals surface area (Å²) in [4.78, 5) is 3.17. The molecular formula is C12H13NOS. The van der Waals surface area contributed by atoms with E-state index in [0.29, 0.717) is 6.61 Å². The highest BCUT2D eigenvalue weighted by Gasteiger charge is 2.03. The highest BCUT2D eigenvalue weighted by Crippen LogP contribution is 2.25. The number of aryl methyl sites for hydroxylation is 1. The molecule has 0 spiro atoms. The first-order valence-corrected chi connectivity index (χ1v) is 5.38. The topological polar surface area (TPSA) is 25.0 Å². The summed E-state index contributed by atoms with van der Waals surface area (Å²) in [5.41, 5.74) is 2.17. The summed E-state index contributed by atoms with van der Waals surface area (Å²) in [6.07, 6.45) is 0. The number of para-hydroxylation sites is 1. The van der Waals surface area contributed by atoms with Gasteiger partial charge in [0.15, 0.2) is 0 Å². The molecule has 1 N–H and O–H groups in total. The van der Waals surface area contributed by atoms with E-state index in [9.17, 15) is 0 Å². The third-order valence-electron chi connectivity index (χ3n) is 2.35. The second kappa shape index (κ2) is 4.03. The first kappa shape index (κ1) is 10.2. The predicted octanol–water partition coefficient (Wildman–Crippen LogP) is 3.60. The molecule has 0 bridgehead atoms. The fourth-order valence-electron chi connectivity index (χ4n) is 1.70. The number of hydrogen-bond donors (Lipinski definition) is 1. The van der Waals surface area contributed by atoms with E-state index in [1.807, 2.05) is 25.1 Å². The van der Waals surface area contributed by atoms with Gasteiger partial charge < -0.3 is 9.72 Å². The lowest BCUT2D eigenvalue weighted by Crippen LogP contribution is -1.94. The Labute approximate surface area is 93.9 Å². The quantitative estimate of drug-likeness (QED) is 0.780. The van der Waals surface area contributed by atoms with Crippen LogP contribution in [0.3, 0.4) is 0 Å². The van der Waals surface area contributed by atoms with Gasteiger partial charge in [0.2, 0.25) is 0 Å². The predicted molar refractivity (Wildman–Crippen MR) is 65.0 cm³/mol. The van der Waals surface area contributed by atoms with Gasteiger partial charge in [0.25, 0.3) is 0 Å². The maximum atomic E-state index is 5.55. The first-order valence-electron chi connectivity index (χ1n) is 4.98. The molecular weight excluding hydrogens is 206 g/mol. The highest BCUT2D eigenvalue weighted by molar-refractivity contribution is 7.71. The monoisotopic (exact) mass is 219 g/mol. The van der Waals surface area contributed by atoms with E-state index >= 15 is 0 Å². The van der Waals surface area contributed by atoms with Crippen LogP contribution in [0, 0.1) is 11.6 Å². The van der Waals surface area contributed by atoms with Crippen LogP contribution in [0.5, 0.6) is 5.75 Å². The van der Waals surface area contributed by atoms with Crippen LogP contribution >= 0.6 is 12.2 Å². The molecule has 3 heteroatoms. The minimum absolute atomic E-state index is 0.660. The minimum Gasteiger partial charge on any atom is -0.492 e. The van der Waals surface area contributed by atoms with Crippen LogP contribution in [-0.2, 0) is 0 Å². The lowest BCUT2D eigenvalue weighted by molar-refractivity contribution is 0.343. The highest BCUT2D eigenvalue weighted by atomic mass is 32.1. The Kier molecular flexibility index (Phi) is 2.73. The standard InChI is InChI=1S/C12H13NOS/c1-3-14-10-6-4-5-9-8(2)7-11(15)13-12(9)10/h4-7H,3H2,1-2H3,(H,13,15). The molecule has 0 saturated carbocycles. The number of nitrogens with one attached hydrogen (secondary N) is 1. The van der Waals surface area contributed by atoms with Crippen molar-refractivity contribution in [2.45, 2.75) is 13.8 Å². The van der Waals surface area contributed by atoms with Crippen molar-refractivity contribution in [2.24, 2.45) is 0 Å². The fourth-order valence-corrected chi connectivity index (χ4v) is 1.98. The maximum absolute atomic E-state index is 5.55. The first-order chi connectivity index (χ1) is 7.22. The van der Waals surface area contributed by atoms with Crippen molar-refractivity contribution in [3.05, 3.63) is 34.5 Å².